The van der Waals surface area contributed by atoms with Crippen LogP contribution in [-0.4, -0.2) is 15.7 Å². The van der Waals surface area contributed by atoms with Crippen molar-refractivity contribution in [3.05, 3.63) is 78.4 Å². The lowest BCUT2D eigenvalue weighted by Crippen LogP contribution is -2.35. The van der Waals surface area contributed by atoms with Gasteiger partial charge in [-0.05, 0) is 32.0 Å². The molecule has 0 aliphatic rings. The van der Waals surface area contributed by atoms with Gasteiger partial charge in [0.05, 0.1) is 29.2 Å². The quantitative estimate of drug-likeness (QED) is 0.791. The largest absolute Gasteiger partial charge is 0.323 e. The number of aromatic nitrogens is 2. The number of hydrogen-bond donors (Lipinski definition) is 1. The van der Waals surface area contributed by atoms with Crippen LogP contribution in [0.2, 0.25) is 0 Å². The van der Waals surface area contributed by atoms with Gasteiger partial charge >= 0.3 is 0 Å². The highest BCUT2D eigenvalue weighted by Crippen LogP contribution is 2.27. The summed E-state index contributed by atoms with van der Waals surface area (Å²) in [5, 5.41) is 7.05. The normalized spacial score (nSPS) is 11.3. The molecule has 0 unspecified atom stereocenters. The number of nitrogens with zero attached hydrogens (tertiary/aromatic N) is 2. The van der Waals surface area contributed by atoms with Crippen LogP contribution in [0.15, 0.2) is 67.0 Å². The van der Waals surface area contributed by atoms with Crippen LogP contribution in [0.1, 0.15) is 19.4 Å². The molecule has 0 saturated carbocycles. The first kappa shape index (κ1) is 15.9. The van der Waals surface area contributed by atoms with E-state index in [0.29, 0.717) is 11.3 Å². The predicted octanol–water partition coefficient (Wildman–Crippen LogP) is 3.93. The lowest BCUT2D eigenvalue weighted by atomic mass is 9.83. The highest BCUT2D eigenvalue weighted by atomic mass is 19.1. The van der Waals surface area contributed by atoms with Gasteiger partial charge < -0.3 is 5.32 Å². The molecule has 1 amide bonds. The molecule has 0 saturated heterocycles. The van der Waals surface area contributed by atoms with Gasteiger partial charge in [0.25, 0.3) is 0 Å². The number of carbonyl (C=O) groups is 1. The summed E-state index contributed by atoms with van der Waals surface area (Å²) in [7, 11) is 0. The Bertz CT molecular complexity index is 856. The molecule has 2 aromatic carbocycles. The Morgan fingerprint density at radius 2 is 1.75 bits per heavy atom. The van der Waals surface area contributed by atoms with Gasteiger partial charge in [-0.15, -0.1) is 0 Å². The molecule has 1 aromatic heterocycles. The summed E-state index contributed by atoms with van der Waals surface area (Å²) < 4.78 is 15.7. The second-order valence-electron chi connectivity index (χ2n) is 6.07. The van der Waals surface area contributed by atoms with Crippen LogP contribution in [0.3, 0.4) is 0 Å². The molecule has 0 aliphatic heterocycles. The first-order valence-corrected chi connectivity index (χ1v) is 7.65. The summed E-state index contributed by atoms with van der Waals surface area (Å²) in [6.45, 7) is 3.39. The van der Waals surface area contributed by atoms with E-state index < -0.39 is 11.2 Å². The number of benzene rings is 2. The fourth-order valence-electron chi connectivity index (χ4n) is 2.49. The summed E-state index contributed by atoms with van der Waals surface area (Å²) in [6, 6.07) is 15.9. The molecular formula is C19H18FN3O. The number of anilines is 1. The van der Waals surface area contributed by atoms with Crippen LogP contribution in [0, 0.1) is 5.82 Å². The second kappa shape index (κ2) is 6.28. The zero-order valence-electron chi connectivity index (χ0n) is 13.5. The molecule has 1 N–H and O–H groups in total. The van der Waals surface area contributed by atoms with E-state index in [2.05, 4.69) is 10.4 Å². The summed E-state index contributed by atoms with van der Waals surface area (Å²) in [5.41, 5.74) is 0.817. The fourth-order valence-corrected chi connectivity index (χ4v) is 2.49. The molecule has 0 aliphatic carbocycles. The van der Waals surface area contributed by atoms with E-state index in [0.717, 1.165) is 5.69 Å². The third-order valence-corrected chi connectivity index (χ3v) is 3.98. The van der Waals surface area contributed by atoms with Crippen molar-refractivity contribution in [1.29, 1.82) is 0 Å². The number of halogens is 1. The van der Waals surface area contributed by atoms with Crippen LogP contribution < -0.4 is 5.32 Å². The molecule has 0 spiro atoms. The van der Waals surface area contributed by atoms with E-state index in [1.54, 1.807) is 49.1 Å². The highest BCUT2D eigenvalue weighted by molar-refractivity contribution is 5.98. The number of para-hydroxylation sites is 1. The third-order valence-electron chi connectivity index (χ3n) is 3.98. The Morgan fingerprint density at radius 3 is 2.46 bits per heavy atom. The Morgan fingerprint density at radius 1 is 1.08 bits per heavy atom. The van der Waals surface area contributed by atoms with Gasteiger partial charge in [-0.25, -0.2) is 9.07 Å². The van der Waals surface area contributed by atoms with Crippen molar-refractivity contribution in [1.82, 2.24) is 9.78 Å². The maximum absolute atomic E-state index is 14.0. The van der Waals surface area contributed by atoms with Gasteiger partial charge in [-0.2, -0.15) is 5.10 Å². The topological polar surface area (TPSA) is 46.9 Å². The maximum atomic E-state index is 14.0. The van der Waals surface area contributed by atoms with Gasteiger partial charge in [0.15, 0.2) is 0 Å². The van der Waals surface area contributed by atoms with Gasteiger partial charge in [0, 0.05) is 5.56 Å². The molecule has 3 aromatic rings. The number of hydrogen-bond acceptors (Lipinski definition) is 2. The molecule has 0 radical (unpaired) electrons. The van der Waals surface area contributed by atoms with Gasteiger partial charge in [-0.1, -0.05) is 36.4 Å². The van der Waals surface area contributed by atoms with E-state index >= 15 is 0 Å². The highest BCUT2D eigenvalue weighted by Gasteiger charge is 2.32. The molecule has 24 heavy (non-hydrogen) atoms. The molecular weight excluding hydrogens is 305 g/mol. The molecule has 3 rings (SSSR count). The van der Waals surface area contributed by atoms with Gasteiger partial charge in [-0.3, -0.25) is 4.79 Å². The van der Waals surface area contributed by atoms with Crippen LogP contribution >= 0.6 is 0 Å². The van der Waals surface area contributed by atoms with Crippen LogP contribution in [-0.2, 0) is 10.2 Å². The van der Waals surface area contributed by atoms with Gasteiger partial charge in [0.1, 0.15) is 5.82 Å². The number of carbonyl (C=O) groups excluding carboxylic acids is 1. The Balaban J connectivity index is 1.80. The van der Waals surface area contributed by atoms with Gasteiger partial charge in [0.2, 0.25) is 5.91 Å². The van der Waals surface area contributed by atoms with E-state index in [1.165, 1.54) is 6.07 Å². The third kappa shape index (κ3) is 3.06. The Labute approximate surface area is 139 Å². The first-order valence-electron chi connectivity index (χ1n) is 7.65. The Hall–Kier alpha value is -2.95. The summed E-state index contributed by atoms with van der Waals surface area (Å²) in [4.78, 5) is 12.6. The predicted molar refractivity (Wildman–Crippen MR) is 91.6 cm³/mol. The average Bonchev–Trinajstić information content (AvgIpc) is 3.04. The number of rotatable bonds is 4. The second-order valence-corrected chi connectivity index (χ2v) is 6.07. The average molecular weight is 323 g/mol. The van der Waals surface area contributed by atoms with Crippen LogP contribution in [0.25, 0.3) is 5.69 Å². The SMILES string of the molecule is CC(C)(C(=O)Nc1cnn(-c2ccccc2)c1)c1ccccc1F. The van der Waals surface area contributed by atoms with E-state index in [1.807, 2.05) is 30.3 Å². The molecule has 0 fully saturated rings. The van der Waals surface area contributed by atoms with Crippen molar-refractivity contribution in [2.45, 2.75) is 19.3 Å². The minimum Gasteiger partial charge on any atom is -0.323 e. The smallest absolute Gasteiger partial charge is 0.234 e. The molecule has 5 heteroatoms. The van der Waals surface area contributed by atoms with Crippen LogP contribution in [0.5, 0.6) is 0 Å². The minimum atomic E-state index is -1.000. The maximum Gasteiger partial charge on any atom is 0.234 e. The molecule has 1 heterocycles. The standard InChI is InChI=1S/C19H18FN3O/c1-19(2,16-10-6-7-11-17(16)20)18(24)22-14-12-21-23(13-14)15-8-4-3-5-9-15/h3-13H,1-2H3,(H,22,24). The molecule has 4 nitrogen and oxygen atoms in total. The van der Waals surface area contributed by atoms with Crippen molar-refractivity contribution in [3.8, 4) is 5.69 Å². The number of nitrogens with one attached hydrogen (secondary N) is 1. The lowest BCUT2D eigenvalue weighted by Gasteiger charge is -2.24. The van der Waals surface area contributed by atoms with Crippen molar-refractivity contribution < 1.29 is 9.18 Å². The lowest BCUT2D eigenvalue weighted by molar-refractivity contribution is -0.120. The van der Waals surface area contributed by atoms with Crippen molar-refractivity contribution in [2.75, 3.05) is 5.32 Å². The van der Waals surface area contributed by atoms with Crippen LogP contribution in [0.4, 0.5) is 10.1 Å². The molecule has 122 valence electrons. The molecule has 0 bridgehead atoms. The summed E-state index contributed by atoms with van der Waals surface area (Å²) >= 11 is 0. The van der Waals surface area contributed by atoms with Crippen molar-refractivity contribution in [3.63, 3.8) is 0 Å². The summed E-state index contributed by atoms with van der Waals surface area (Å²) in [5.74, 6) is -0.683. The van der Waals surface area contributed by atoms with Crippen molar-refractivity contribution in [2.24, 2.45) is 0 Å². The Kier molecular flexibility index (Phi) is 4.16. The zero-order valence-corrected chi connectivity index (χ0v) is 13.5. The fraction of sp³-hybridized carbons (Fsp3) is 0.158. The molecule has 0 atom stereocenters. The summed E-state index contributed by atoms with van der Waals surface area (Å²) in [6.07, 6.45) is 3.30. The van der Waals surface area contributed by atoms with Crippen molar-refractivity contribution >= 4 is 11.6 Å². The zero-order chi connectivity index (χ0) is 17.2. The van der Waals surface area contributed by atoms with E-state index in [-0.39, 0.29) is 5.91 Å². The van der Waals surface area contributed by atoms with E-state index in [4.69, 9.17) is 0 Å². The minimum absolute atomic E-state index is 0.291. The number of amides is 1. The monoisotopic (exact) mass is 323 g/mol. The van der Waals surface area contributed by atoms with E-state index in [9.17, 15) is 9.18 Å². The first-order chi connectivity index (χ1) is 11.5.